The molecule has 0 unspecified atom stereocenters. The van der Waals surface area contributed by atoms with Gasteiger partial charge in [0.05, 0.1) is 12.8 Å². The topological polar surface area (TPSA) is 44.1 Å². The molecule has 4 heteroatoms. The highest BCUT2D eigenvalue weighted by atomic mass is 16.5. The molecular formula is C11H18N2O2. The maximum Gasteiger partial charge on any atom is 0.341 e. The van der Waals surface area contributed by atoms with Crippen LogP contribution in [0, 0.1) is 12.8 Å². The van der Waals surface area contributed by atoms with Crippen LogP contribution in [0.25, 0.3) is 0 Å². The Hall–Kier alpha value is -1.32. The van der Waals surface area contributed by atoms with E-state index in [2.05, 4.69) is 18.9 Å². The van der Waals surface area contributed by atoms with Crippen LogP contribution in [0.1, 0.15) is 36.8 Å². The number of rotatable bonds is 4. The standard InChI is InChI=1S/C11H18N2O2/c1-5-15-11(14)10-6-12-13(9(10)4)7-8(2)3/h6,8H,5,7H2,1-4H3. The van der Waals surface area contributed by atoms with Crippen LogP contribution in [0.2, 0.25) is 0 Å². The van der Waals surface area contributed by atoms with Crippen LogP contribution < -0.4 is 0 Å². The number of nitrogens with zero attached hydrogens (tertiary/aromatic N) is 2. The molecule has 1 aromatic heterocycles. The average molecular weight is 210 g/mol. The first kappa shape index (κ1) is 11.8. The van der Waals surface area contributed by atoms with Gasteiger partial charge >= 0.3 is 5.97 Å². The van der Waals surface area contributed by atoms with Gasteiger partial charge in [0.1, 0.15) is 5.56 Å². The monoisotopic (exact) mass is 210 g/mol. The molecule has 0 radical (unpaired) electrons. The lowest BCUT2D eigenvalue weighted by molar-refractivity contribution is 0.0525. The van der Waals surface area contributed by atoms with Crippen molar-refractivity contribution in [3.63, 3.8) is 0 Å². The molecule has 1 heterocycles. The third-order valence-corrected chi connectivity index (χ3v) is 2.14. The van der Waals surface area contributed by atoms with E-state index in [4.69, 9.17) is 4.74 Å². The van der Waals surface area contributed by atoms with Gasteiger partial charge in [-0.1, -0.05) is 13.8 Å². The molecule has 1 aromatic rings. The Labute approximate surface area is 90.2 Å². The zero-order valence-electron chi connectivity index (χ0n) is 9.78. The molecule has 0 amide bonds. The lowest BCUT2D eigenvalue weighted by Gasteiger charge is -2.07. The molecule has 0 spiro atoms. The van der Waals surface area contributed by atoms with Crippen molar-refractivity contribution < 1.29 is 9.53 Å². The smallest absolute Gasteiger partial charge is 0.341 e. The second kappa shape index (κ2) is 4.96. The Morgan fingerprint density at radius 2 is 2.27 bits per heavy atom. The minimum absolute atomic E-state index is 0.287. The predicted molar refractivity (Wildman–Crippen MR) is 57.8 cm³/mol. The molecule has 1 rings (SSSR count). The third kappa shape index (κ3) is 2.81. The molecule has 0 aliphatic carbocycles. The van der Waals surface area contributed by atoms with Gasteiger partial charge in [-0.3, -0.25) is 4.68 Å². The Bertz CT molecular complexity index is 342. The van der Waals surface area contributed by atoms with Crippen LogP contribution in [0.3, 0.4) is 0 Å². The van der Waals surface area contributed by atoms with Gasteiger partial charge in [0.15, 0.2) is 0 Å². The van der Waals surface area contributed by atoms with Gasteiger partial charge in [-0.05, 0) is 19.8 Å². The van der Waals surface area contributed by atoms with Gasteiger partial charge in [0.25, 0.3) is 0 Å². The molecule has 0 bridgehead atoms. The van der Waals surface area contributed by atoms with E-state index in [0.717, 1.165) is 12.2 Å². The van der Waals surface area contributed by atoms with E-state index in [0.29, 0.717) is 18.1 Å². The Morgan fingerprint density at radius 3 is 2.80 bits per heavy atom. The fourth-order valence-electron chi connectivity index (χ4n) is 1.39. The number of carbonyl (C=O) groups excluding carboxylic acids is 1. The zero-order chi connectivity index (χ0) is 11.4. The molecule has 0 fully saturated rings. The van der Waals surface area contributed by atoms with E-state index in [9.17, 15) is 4.79 Å². The maximum absolute atomic E-state index is 11.5. The summed E-state index contributed by atoms with van der Waals surface area (Å²) in [5.41, 5.74) is 1.44. The molecule has 0 saturated heterocycles. The quantitative estimate of drug-likeness (QED) is 0.714. The maximum atomic E-state index is 11.5. The number of esters is 1. The van der Waals surface area contributed by atoms with Crippen LogP contribution in [-0.2, 0) is 11.3 Å². The van der Waals surface area contributed by atoms with Gasteiger partial charge in [-0.2, -0.15) is 5.10 Å². The summed E-state index contributed by atoms with van der Waals surface area (Å²) < 4.78 is 6.78. The molecule has 84 valence electrons. The number of hydrogen-bond acceptors (Lipinski definition) is 3. The van der Waals surface area contributed by atoms with Crippen molar-refractivity contribution >= 4 is 5.97 Å². The predicted octanol–water partition coefficient (Wildman–Crippen LogP) is 2.02. The van der Waals surface area contributed by atoms with Crippen LogP contribution >= 0.6 is 0 Å². The first-order valence-corrected chi connectivity index (χ1v) is 5.25. The van der Waals surface area contributed by atoms with Gasteiger partial charge in [-0.25, -0.2) is 4.79 Å². The normalized spacial score (nSPS) is 10.7. The summed E-state index contributed by atoms with van der Waals surface area (Å²) in [7, 11) is 0. The molecule has 0 saturated carbocycles. The zero-order valence-corrected chi connectivity index (χ0v) is 9.78. The van der Waals surface area contributed by atoms with Crippen molar-refractivity contribution in [1.82, 2.24) is 9.78 Å². The highest BCUT2D eigenvalue weighted by Gasteiger charge is 2.15. The summed E-state index contributed by atoms with van der Waals surface area (Å²) in [4.78, 5) is 11.5. The van der Waals surface area contributed by atoms with Crippen molar-refractivity contribution in [1.29, 1.82) is 0 Å². The first-order chi connectivity index (χ1) is 7.06. The molecule has 0 aliphatic rings. The lowest BCUT2D eigenvalue weighted by atomic mass is 10.2. The van der Waals surface area contributed by atoms with Crippen LogP contribution in [0.4, 0.5) is 0 Å². The van der Waals surface area contributed by atoms with E-state index in [1.807, 2.05) is 11.6 Å². The van der Waals surface area contributed by atoms with Gasteiger partial charge in [-0.15, -0.1) is 0 Å². The molecular weight excluding hydrogens is 192 g/mol. The van der Waals surface area contributed by atoms with Crippen LogP contribution in [-0.4, -0.2) is 22.4 Å². The van der Waals surface area contributed by atoms with Crippen molar-refractivity contribution in [3.05, 3.63) is 17.5 Å². The summed E-state index contributed by atoms with van der Waals surface area (Å²) in [6.07, 6.45) is 1.58. The second-order valence-corrected chi connectivity index (χ2v) is 3.94. The summed E-state index contributed by atoms with van der Waals surface area (Å²) >= 11 is 0. The average Bonchev–Trinajstić information content (AvgIpc) is 2.48. The molecule has 4 nitrogen and oxygen atoms in total. The summed E-state index contributed by atoms with van der Waals surface area (Å²) in [6.45, 7) is 9.14. The molecule has 0 atom stereocenters. The fourth-order valence-corrected chi connectivity index (χ4v) is 1.39. The fraction of sp³-hybridized carbons (Fsp3) is 0.636. The van der Waals surface area contributed by atoms with E-state index in [-0.39, 0.29) is 5.97 Å². The third-order valence-electron chi connectivity index (χ3n) is 2.14. The first-order valence-electron chi connectivity index (χ1n) is 5.25. The van der Waals surface area contributed by atoms with Gasteiger partial charge in [0, 0.05) is 12.2 Å². The van der Waals surface area contributed by atoms with Gasteiger partial charge < -0.3 is 4.74 Å². The summed E-state index contributed by atoms with van der Waals surface area (Å²) in [5, 5.41) is 4.18. The molecule has 0 N–H and O–H groups in total. The van der Waals surface area contributed by atoms with Crippen molar-refractivity contribution in [2.24, 2.45) is 5.92 Å². The molecule has 0 aliphatic heterocycles. The van der Waals surface area contributed by atoms with Crippen LogP contribution in [0.15, 0.2) is 6.20 Å². The van der Waals surface area contributed by atoms with Crippen molar-refractivity contribution in [2.75, 3.05) is 6.61 Å². The van der Waals surface area contributed by atoms with E-state index < -0.39 is 0 Å². The van der Waals surface area contributed by atoms with E-state index in [1.165, 1.54) is 0 Å². The van der Waals surface area contributed by atoms with E-state index in [1.54, 1.807) is 13.1 Å². The SMILES string of the molecule is CCOC(=O)c1cnn(CC(C)C)c1C. The Kier molecular flexibility index (Phi) is 3.88. The molecule has 0 aromatic carbocycles. The largest absolute Gasteiger partial charge is 0.462 e. The number of ether oxygens (including phenoxy) is 1. The van der Waals surface area contributed by atoms with E-state index >= 15 is 0 Å². The Balaban J connectivity index is 2.84. The van der Waals surface area contributed by atoms with Crippen LogP contribution in [0.5, 0.6) is 0 Å². The lowest BCUT2D eigenvalue weighted by Crippen LogP contribution is -2.10. The summed E-state index contributed by atoms with van der Waals surface area (Å²) in [6, 6.07) is 0. The second-order valence-electron chi connectivity index (χ2n) is 3.94. The highest BCUT2D eigenvalue weighted by molar-refractivity contribution is 5.90. The number of hydrogen-bond donors (Lipinski definition) is 0. The van der Waals surface area contributed by atoms with Crippen molar-refractivity contribution in [3.8, 4) is 0 Å². The Morgan fingerprint density at radius 1 is 1.60 bits per heavy atom. The van der Waals surface area contributed by atoms with Gasteiger partial charge in [0.2, 0.25) is 0 Å². The summed E-state index contributed by atoms with van der Waals surface area (Å²) in [5.74, 6) is 0.226. The number of carbonyl (C=O) groups is 1. The highest BCUT2D eigenvalue weighted by Crippen LogP contribution is 2.10. The minimum atomic E-state index is -0.287. The number of aromatic nitrogens is 2. The molecule has 15 heavy (non-hydrogen) atoms. The minimum Gasteiger partial charge on any atom is -0.462 e. The van der Waals surface area contributed by atoms with Crippen molar-refractivity contribution in [2.45, 2.75) is 34.2 Å².